The highest BCUT2D eigenvalue weighted by Gasteiger charge is 2.20. The minimum absolute atomic E-state index is 0.316. The van der Waals surface area contributed by atoms with Crippen LogP contribution in [-0.4, -0.2) is 15.0 Å². The summed E-state index contributed by atoms with van der Waals surface area (Å²) in [6.45, 7) is 9.21. The van der Waals surface area contributed by atoms with Crippen molar-refractivity contribution < 1.29 is 0 Å². The second kappa shape index (κ2) is 10.6. The van der Waals surface area contributed by atoms with E-state index in [4.69, 9.17) is 4.98 Å². The summed E-state index contributed by atoms with van der Waals surface area (Å²) in [6.07, 6.45) is 11.6. The molecule has 3 heteroatoms. The van der Waals surface area contributed by atoms with Crippen molar-refractivity contribution in [1.29, 1.82) is 0 Å². The van der Waals surface area contributed by atoms with Crippen molar-refractivity contribution in [1.82, 2.24) is 15.0 Å². The molecular formula is C36H35N3. The van der Waals surface area contributed by atoms with E-state index < -0.39 is 0 Å². The maximum absolute atomic E-state index is 4.85. The van der Waals surface area contributed by atoms with Crippen LogP contribution >= 0.6 is 0 Å². The van der Waals surface area contributed by atoms with E-state index >= 15 is 0 Å². The van der Waals surface area contributed by atoms with Crippen molar-refractivity contribution in [3.8, 4) is 0 Å². The third-order valence-electron chi connectivity index (χ3n) is 8.24. The Kier molecular flexibility index (Phi) is 6.83. The molecule has 2 unspecified atom stereocenters. The normalized spacial score (nSPS) is 13.4. The monoisotopic (exact) mass is 509 g/mol. The molecule has 6 rings (SSSR count). The Bertz CT molecular complexity index is 1790. The van der Waals surface area contributed by atoms with Crippen LogP contribution in [0.3, 0.4) is 0 Å². The van der Waals surface area contributed by atoms with Gasteiger partial charge in [0.25, 0.3) is 0 Å². The molecule has 39 heavy (non-hydrogen) atoms. The quantitative estimate of drug-likeness (QED) is 0.215. The number of rotatable bonds is 7. The van der Waals surface area contributed by atoms with Gasteiger partial charge in [0.15, 0.2) is 0 Å². The first-order valence-corrected chi connectivity index (χ1v) is 14.0. The van der Waals surface area contributed by atoms with Crippen LogP contribution in [0, 0.1) is 0 Å². The summed E-state index contributed by atoms with van der Waals surface area (Å²) in [5, 5.41) is 6.21. The van der Waals surface area contributed by atoms with Crippen LogP contribution in [-0.2, 0) is 12.8 Å². The zero-order valence-corrected chi connectivity index (χ0v) is 23.2. The number of fused-ring (bicyclic) bond motifs is 3. The summed E-state index contributed by atoms with van der Waals surface area (Å²) in [5.74, 6) is 1.16. The number of hydrogen-bond donors (Lipinski definition) is 0. The lowest BCUT2D eigenvalue weighted by atomic mass is 9.82. The average molecular weight is 510 g/mol. The Morgan fingerprint density at radius 2 is 1.36 bits per heavy atom. The van der Waals surface area contributed by atoms with Crippen molar-refractivity contribution in [3.05, 3.63) is 126 Å². The SMILES string of the molecule is CC(C)c1ccc(CC(C)c2c(CC(C)c3ccc4ccncc4c3)ccc3ccncc23)c2ncccc12. The van der Waals surface area contributed by atoms with Crippen LogP contribution in [0.4, 0.5) is 0 Å². The summed E-state index contributed by atoms with van der Waals surface area (Å²) in [7, 11) is 0. The molecule has 0 saturated heterocycles. The molecule has 3 nitrogen and oxygen atoms in total. The molecule has 0 radical (unpaired) electrons. The highest BCUT2D eigenvalue weighted by molar-refractivity contribution is 5.88. The standard InChI is InChI=1S/C36H35N3/c1-23(2)32-12-11-30(36-33(32)6-5-15-39-36)19-25(4)35-29(10-8-27-14-17-38-22-34(27)35)18-24(3)28-9-7-26-13-16-37-21-31(26)20-28/h5-17,20-25H,18-19H2,1-4H3. The van der Waals surface area contributed by atoms with Crippen molar-refractivity contribution in [2.75, 3.05) is 0 Å². The molecule has 0 aliphatic heterocycles. The number of hydrogen-bond acceptors (Lipinski definition) is 3. The van der Waals surface area contributed by atoms with Gasteiger partial charge in [-0.05, 0) is 93.5 Å². The van der Waals surface area contributed by atoms with Crippen LogP contribution in [0.5, 0.6) is 0 Å². The van der Waals surface area contributed by atoms with Crippen LogP contribution in [0.2, 0.25) is 0 Å². The van der Waals surface area contributed by atoms with E-state index in [0.29, 0.717) is 17.8 Å². The van der Waals surface area contributed by atoms with Crippen LogP contribution in [0.1, 0.15) is 73.3 Å². The van der Waals surface area contributed by atoms with Gasteiger partial charge in [0.2, 0.25) is 0 Å². The summed E-state index contributed by atoms with van der Waals surface area (Å²) in [5.41, 5.74) is 7.96. The molecule has 0 spiro atoms. The van der Waals surface area contributed by atoms with Crippen LogP contribution < -0.4 is 0 Å². The molecule has 3 aromatic carbocycles. The van der Waals surface area contributed by atoms with Gasteiger partial charge in [0, 0.05) is 47.1 Å². The van der Waals surface area contributed by atoms with Gasteiger partial charge in [-0.1, -0.05) is 70.2 Å². The lowest BCUT2D eigenvalue weighted by molar-refractivity contribution is 0.716. The van der Waals surface area contributed by atoms with Gasteiger partial charge in [0.05, 0.1) is 5.52 Å². The third-order valence-corrected chi connectivity index (χ3v) is 8.24. The maximum atomic E-state index is 4.85. The second-order valence-electron chi connectivity index (χ2n) is 11.3. The first-order chi connectivity index (χ1) is 19.0. The first-order valence-electron chi connectivity index (χ1n) is 14.0. The van der Waals surface area contributed by atoms with Crippen molar-refractivity contribution >= 4 is 32.4 Å². The lowest BCUT2D eigenvalue weighted by Gasteiger charge is -2.23. The van der Waals surface area contributed by atoms with Crippen molar-refractivity contribution in [2.45, 2.75) is 58.3 Å². The minimum Gasteiger partial charge on any atom is -0.264 e. The number of aromatic nitrogens is 3. The molecule has 0 bridgehead atoms. The fourth-order valence-corrected chi connectivity index (χ4v) is 6.20. The molecule has 0 aliphatic rings. The van der Waals surface area contributed by atoms with E-state index in [1.807, 2.05) is 24.8 Å². The predicted molar refractivity (Wildman–Crippen MR) is 164 cm³/mol. The summed E-state index contributed by atoms with van der Waals surface area (Å²) < 4.78 is 0. The summed E-state index contributed by atoms with van der Waals surface area (Å²) >= 11 is 0. The molecule has 194 valence electrons. The molecule has 0 N–H and O–H groups in total. The van der Waals surface area contributed by atoms with Gasteiger partial charge in [-0.2, -0.15) is 0 Å². The minimum atomic E-state index is 0.316. The van der Waals surface area contributed by atoms with E-state index in [1.54, 1.807) is 0 Å². The number of nitrogens with zero attached hydrogens (tertiary/aromatic N) is 3. The number of benzene rings is 3. The molecule has 3 aromatic heterocycles. The fraction of sp³-hybridized carbons (Fsp3) is 0.250. The lowest BCUT2D eigenvalue weighted by Crippen LogP contribution is -2.08. The molecule has 6 aromatic rings. The predicted octanol–water partition coefficient (Wildman–Crippen LogP) is 9.15. The molecule has 0 fully saturated rings. The van der Waals surface area contributed by atoms with Gasteiger partial charge in [-0.15, -0.1) is 0 Å². The molecule has 0 amide bonds. The molecule has 0 aliphatic carbocycles. The Labute approximate surface area is 231 Å². The van der Waals surface area contributed by atoms with Gasteiger partial charge in [0.1, 0.15) is 0 Å². The van der Waals surface area contributed by atoms with Gasteiger partial charge in [-0.3, -0.25) is 15.0 Å². The molecule has 2 atom stereocenters. The van der Waals surface area contributed by atoms with Gasteiger partial charge < -0.3 is 0 Å². The second-order valence-corrected chi connectivity index (χ2v) is 11.3. The fourth-order valence-electron chi connectivity index (χ4n) is 6.20. The maximum Gasteiger partial charge on any atom is 0.0736 e. The van der Waals surface area contributed by atoms with E-state index in [1.165, 1.54) is 54.7 Å². The van der Waals surface area contributed by atoms with E-state index in [-0.39, 0.29) is 0 Å². The first kappa shape index (κ1) is 25.2. The smallest absolute Gasteiger partial charge is 0.0736 e. The Hall–Kier alpha value is -4.11. The highest BCUT2D eigenvalue weighted by Crippen LogP contribution is 2.36. The van der Waals surface area contributed by atoms with Gasteiger partial charge in [-0.25, -0.2) is 0 Å². The van der Waals surface area contributed by atoms with Crippen molar-refractivity contribution in [3.63, 3.8) is 0 Å². The average Bonchev–Trinajstić information content (AvgIpc) is 2.96. The van der Waals surface area contributed by atoms with Crippen LogP contribution in [0.25, 0.3) is 32.4 Å². The molecule has 3 heterocycles. The Morgan fingerprint density at radius 3 is 2.21 bits per heavy atom. The van der Waals surface area contributed by atoms with E-state index in [9.17, 15) is 0 Å². The Balaban J connectivity index is 1.39. The largest absolute Gasteiger partial charge is 0.264 e. The van der Waals surface area contributed by atoms with Crippen LogP contribution in [0.15, 0.2) is 97.7 Å². The van der Waals surface area contributed by atoms with Crippen molar-refractivity contribution in [2.24, 2.45) is 0 Å². The summed E-state index contributed by atoms with van der Waals surface area (Å²) in [4.78, 5) is 13.7. The highest BCUT2D eigenvalue weighted by atomic mass is 14.7. The topological polar surface area (TPSA) is 38.7 Å². The van der Waals surface area contributed by atoms with E-state index in [2.05, 4.69) is 111 Å². The Morgan fingerprint density at radius 1 is 0.615 bits per heavy atom. The van der Waals surface area contributed by atoms with Gasteiger partial charge >= 0.3 is 0 Å². The zero-order chi connectivity index (χ0) is 26.9. The summed E-state index contributed by atoms with van der Waals surface area (Å²) in [6, 6.07) is 24.5. The number of pyridine rings is 3. The molecular weight excluding hydrogens is 474 g/mol. The zero-order valence-electron chi connectivity index (χ0n) is 23.2. The van der Waals surface area contributed by atoms with E-state index in [0.717, 1.165) is 18.4 Å². The third kappa shape index (κ3) is 4.90. The molecule has 0 saturated carbocycles.